The molecular formula is C13H19N3O2S. The van der Waals surface area contributed by atoms with Crippen molar-refractivity contribution in [3.8, 4) is 0 Å². The average Bonchev–Trinajstić information content (AvgIpc) is 2.62. The molecule has 0 spiro atoms. The molecule has 1 aliphatic heterocycles. The van der Waals surface area contributed by atoms with Gasteiger partial charge in [-0.3, -0.25) is 4.79 Å². The van der Waals surface area contributed by atoms with Crippen LogP contribution in [0.15, 0.2) is 0 Å². The van der Waals surface area contributed by atoms with Gasteiger partial charge in [-0.1, -0.05) is 30.6 Å². The topological polar surface area (TPSA) is 55.3 Å². The lowest BCUT2D eigenvalue weighted by Crippen LogP contribution is -2.39. The summed E-state index contributed by atoms with van der Waals surface area (Å²) >= 11 is 1.37. The number of hydrogen-bond acceptors (Lipinski definition) is 5. The Morgan fingerprint density at radius 1 is 1.37 bits per heavy atom. The van der Waals surface area contributed by atoms with Crippen molar-refractivity contribution in [2.45, 2.75) is 26.2 Å². The first-order valence-corrected chi connectivity index (χ1v) is 7.73. The van der Waals surface area contributed by atoms with E-state index in [1.807, 2.05) is 11.8 Å². The molecule has 0 N–H and O–H groups in total. The molecule has 104 valence electrons. The van der Waals surface area contributed by atoms with Crippen LogP contribution in [0.25, 0.3) is 0 Å². The molecule has 1 unspecified atom stereocenters. The SMILES string of the molecule is Cc1nnc(C(=O)N2CCOCC(C3CCC3)C2)s1. The second-order valence-electron chi connectivity index (χ2n) is 5.40. The number of ether oxygens (including phenoxy) is 1. The largest absolute Gasteiger partial charge is 0.379 e. The predicted molar refractivity (Wildman–Crippen MR) is 72.2 cm³/mol. The molecule has 5 nitrogen and oxygen atoms in total. The number of rotatable bonds is 2. The maximum absolute atomic E-state index is 12.4. The van der Waals surface area contributed by atoms with E-state index in [0.717, 1.165) is 24.1 Å². The van der Waals surface area contributed by atoms with E-state index in [-0.39, 0.29) is 5.91 Å². The molecule has 0 aromatic carbocycles. The molecule has 1 saturated carbocycles. The number of carbonyl (C=O) groups is 1. The number of nitrogens with zero attached hydrogens (tertiary/aromatic N) is 3. The molecule has 19 heavy (non-hydrogen) atoms. The summed E-state index contributed by atoms with van der Waals surface area (Å²) in [7, 11) is 0. The maximum atomic E-state index is 12.4. The van der Waals surface area contributed by atoms with Crippen molar-refractivity contribution < 1.29 is 9.53 Å². The Morgan fingerprint density at radius 3 is 2.84 bits per heavy atom. The van der Waals surface area contributed by atoms with Crippen LogP contribution >= 0.6 is 11.3 Å². The van der Waals surface area contributed by atoms with Gasteiger partial charge in [-0.25, -0.2) is 0 Å². The molecule has 2 fully saturated rings. The van der Waals surface area contributed by atoms with E-state index < -0.39 is 0 Å². The maximum Gasteiger partial charge on any atom is 0.284 e. The minimum Gasteiger partial charge on any atom is -0.379 e. The van der Waals surface area contributed by atoms with Crippen LogP contribution in [-0.4, -0.2) is 47.3 Å². The van der Waals surface area contributed by atoms with Crippen LogP contribution in [-0.2, 0) is 4.74 Å². The van der Waals surface area contributed by atoms with Crippen molar-refractivity contribution in [2.24, 2.45) is 11.8 Å². The van der Waals surface area contributed by atoms with Crippen molar-refractivity contribution in [1.29, 1.82) is 0 Å². The lowest BCUT2D eigenvalue weighted by molar-refractivity contribution is 0.0686. The van der Waals surface area contributed by atoms with Gasteiger partial charge in [-0.2, -0.15) is 0 Å². The highest BCUT2D eigenvalue weighted by Crippen LogP contribution is 2.35. The summed E-state index contributed by atoms with van der Waals surface area (Å²) in [6, 6.07) is 0. The van der Waals surface area contributed by atoms with Gasteiger partial charge in [-0.15, -0.1) is 10.2 Å². The van der Waals surface area contributed by atoms with Gasteiger partial charge < -0.3 is 9.64 Å². The Morgan fingerprint density at radius 2 is 2.21 bits per heavy atom. The molecule has 0 bridgehead atoms. The monoisotopic (exact) mass is 281 g/mol. The van der Waals surface area contributed by atoms with Crippen LogP contribution in [0.5, 0.6) is 0 Å². The average molecular weight is 281 g/mol. The third kappa shape index (κ3) is 2.79. The standard InChI is InChI=1S/C13H19N3O2S/c1-9-14-15-12(19-9)13(17)16-5-6-18-8-11(7-16)10-3-2-4-10/h10-11H,2-8H2,1H3. The van der Waals surface area contributed by atoms with Gasteiger partial charge in [-0.05, 0) is 12.8 Å². The Bertz CT molecular complexity index is 458. The predicted octanol–water partition coefficient (Wildman–Crippen LogP) is 1.74. The fourth-order valence-electron chi connectivity index (χ4n) is 2.74. The molecule has 6 heteroatoms. The van der Waals surface area contributed by atoms with Crippen molar-refractivity contribution in [2.75, 3.05) is 26.3 Å². The number of carbonyl (C=O) groups excluding carboxylic acids is 1. The third-order valence-corrected chi connectivity index (χ3v) is 4.93. The van der Waals surface area contributed by atoms with Crippen molar-refractivity contribution in [1.82, 2.24) is 15.1 Å². The number of aromatic nitrogens is 2. The molecule has 1 aromatic heterocycles. The molecule has 1 aromatic rings. The smallest absolute Gasteiger partial charge is 0.284 e. The molecule has 2 aliphatic rings. The first kappa shape index (κ1) is 13.0. The van der Waals surface area contributed by atoms with Gasteiger partial charge in [0.1, 0.15) is 5.01 Å². The van der Waals surface area contributed by atoms with E-state index in [0.29, 0.717) is 24.1 Å². The normalized spacial score (nSPS) is 24.9. The minimum absolute atomic E-state index is 0.0143. The summed E-state index contributed by atoms with van der Waals surface area (Å²) in [5.41, 5.74) is 0. The zero-order valence-electron chi connectivity index (χ0n) is 11.2. The van der Waals surface area contributed by atoms with Crippen molar-refractivity contribution in [3.63, 3.8) is 0 Å². The molecule has 1 aliphatic carbocycles. The molecule has 2 heterocycles. The number of aryl methyl sites for hydroxylation is 1. The molecule has 1 amide bonds. The summed E-state index contributed by atoms with van der Waals surface area (Å²) in [5, 5.41) is 9.23. The molecule has 0 radical (unpaired) electrons. The summed E-state index contributed by atoms with van der Waals surface area (Å²) < 4.78 is 5.66. The summed E-state index contributed by atoms with van der Waals surface area (Å²) in [5.74, 6) is 1.25. The first-order valence-electron chi connectivity index (χ1n) is 6.91. The number of amides is 1. The minimum atomic E-state index is 0.0143. The van der Waals surface area contributed by atoms with E-state index in [1.54, 1.807) is 0 Å². The van der Waals surface area contributed by atoms with Crippen LogP contribution in [0, 0.1) is 18.8 Å². The number of hydrogen-bond donors (Lipinski definition) is 0. The molecule has 3 rings (SSSR count). The zero-order chi connectivity index (χ0) is 13.2. The van der Waals surface area contributed by atoms with E-state index >= 15 is 0 Å². The van der Waals surface area contributed by atoms with E-state index in [4.69, 9.17) is 4.74 Å². The van der Waals surface area contributed by atoms with E-state index in [2.05, 4.69) is 10.2 Å². The second-order valence-corrected chi connectivity index (χ2v) is 6.59. The lowest BCUT2D eigenvalue weighted by atomic mass is 9.76. The van der Waals surface area contributed by atoms with Crippen molar-refractivity contribution >= 4 is 17.2 Å². The van der Waals surface area contributed by atoms with Gasteiger partial charge in [0.25, 0.3) is 5.91 Å². The third-order valence-electron chi connectivity index (χ3n) is 4.11. The molecule has 1 saturated heterocycles. The van der Waals surface area contributed by atoms with Crippen LogP contribution in [0.3, 0.4) is 0 Å². The quantitative estimate of drug-likeness (QED) is 0.828. The van der Waals surface area contributed by atoms with E-state index in [1.165, 1.54) is 30.6 Å². The van der Waals surface area contributed by atoms with Crippen LogP contribution < -0.4 is 0 Å². The first-order chi connectivity index (χ1) is 9.24. The van der Waals surface area contributed by atoms with Crippen LogP contribution in [0.4, 0.5) is 0 Å². The van der Waals surface area contributed by atoms with Crippen LogP contribution in [0.2, 0.25) is 0 Å². The van der Waals surface area contributed by atoms with Gasteiger partial charge in [0, 0.05) is 19.0 Å². The Hall–Kier alpha value is -1.01. The zero-order valence-corrected chi connectivity index (χ0v) is 12.0. The lowest BCUT2D eigenvalue weighted by Gasteiger charge is -2.34. The highest BCUT2D eigenvalue weighted by molar-refractivity contribution is 7.13. The fraction of sp³-hybridized carbons (Fsp3) is 0.769. The Labute approximate surface area is 117 Å². The summed E-state index contributed by atoms with van der Waals surface area (Å²) in [6.45, 7) is 4.77. The van der Waals surface area contributed by atoms with Gasteiger partial charge in [0.2, 0.25) is 5.01 Å². The Balaban J connectivity index is 1.69. The molecule has 1 atom stereocenters. The summed E-state index contributed by atoms with van der Waals surface area (Å²) in [6.07, 6.45) is 3.90. The van der Waals surface area contributed by atoms with Crippen LogP contribution in [0.1, 0.15) is 34.1 Å². The highest BCUT2D eigenvalue weighted by atomic mass is 32.1. The summed E-state index contributed by atoms with van der Waals surface area (Å²) in [4.78, 5) is 14.3. The molecular weight excluding hydrogens is 262 g/mol. The van der Waals surface area contributed by atoms with Crippen molar-refractivity contribution in [3.05, 3.63) is 10.0 Å². The van der Waals surface area contributed by atoms with Gasteiger partial charge in [0.05, 0.1) is 13.2 Å². The van der Waals surface area contributed by atoms with Gasteiger partial charge >= 0.3 is 0 Å². The Kier molecular flexibility index (Phi) is 3.79. The fourth-order valence-corrected chi connectivity index (χ4v) is 3.40. The van der Waals surface area contributed by atoms with E-state index in [9.17, 15) is 4.79 Å². The van der Waals surface area contributed by atoms with Gasteiger partial charge in [0.15, 0.2) is 0 Å². The highest BCUT2D eigenvalue weighted by Gasteiger charge is 2.32. The second kappa shape index (κ2) is 5.54.